The summed E-state index contributed by atoms with van der Waals surface area (Å²) in [6.07, 6.45) is 5.15. The topological polar surface area (TPSA) is 78.1 Å². The SMILES string of the molecule is NCCCC1C(CN)C2CC(CN)C1C2. The molecule has 0 aromatic carbocycles. The summed E-state index contributed by atoms with van der Waals surface area (Å²) in [5, 5.41) is 0. The van der Waals surface area contributed by atoms with E-state index in [-0.39, 0.29) is 0 Å². The summed E-state index contributed by atoms with van der Waals surface area (Å²) in [7, 11) is 0. The lowest BCUT2D eigenvalue weighted by Crippen LogP contribution is -2.35. The van der Waals surface area contributed by atoms with Crippen molar-refractivity contribution in [1.82, 2.24) is 0 Å². The van der Waals surface area contributed by atoms with Crippen LogP contribution < -0.4 is 17.2 Å². The predicted octanol–water partition coefficient (Wildman–Crippen LogP) is 0.531. The van der Waals surface area contributed by atoms with Crippen molar-refractivity contribution < 1.29 is 0 Å². The zero-order valence-corrected chi connectivity index (χ0v) is 9.57. The lowest BCUT2D eigenvalue weighted by atomic mass is 9.72. The van der Waals surface area contributed by atoms with Gasteiger partial charge in [-0.15, -0.1) is 0 Å². The van der Waals surface area contributed by atoms with Crippen LogP contribution in [0.15, 0.2) is 0 Å². The molecule has 2 bridgehead atoms. The van der Waals surface area contributed by atoms with Gasteiger partial charge in [-0.3, -0.25) is 0 Å². The first-order valence-electron chi connectivity index (χ1n) is 6.42. The molecule has 0 heterocycles. The molecule has 5 atom stereocenters. The number of hydrogen-bond donors (Lipinski definition) is 3. The van der Waals surface area contributed by atoms with Crippen LogP contribution in [-0.4, -0.2) is 19.6 Å². The van der Waals surface area contributed by atoms with Crippen molar-refractivity contribution in [3.05, 3.63) is 0 Å². The summed E-state index contributed by atoms with van der Waals surface area (Å²) >= 11 is 0. The second-order valence-corrected chi connectivity index (χ2v) is 5.39. The van der Waals surface area contributed by atoms with Gasteiger partial charge in [-0.05, 0) is 74.9 Å². The lowest BCUT2D eigenvalue weighted by molar-refractivity contribution is 0.159. The van der Waals surface area contributed by atoms with Gasteiger partial charge in [-0.2, -0.15) is 0 Å². The highest BCUT2D eigenvalue weighted by Gasteiger charge is 2.50. The molecule has 0 saturated heterocycles. The summed E-state index contributed by atoms with van der Waals surface area (Å²) < 4.78 is 0. The summed E-state index contributed by atoms with van der Waals surface area (Å²) in [5.74, 6) is 4.10. The molecule has 2 rings (SSSR count). The summed E-state index contributed by atoms with van der Waals surface area (Å²) in [6.45, 7) is 2.56. The molecule has 0 spiro atoms. The first kappa shape index (κ1) is 11.4. The zero-order chi connectivity index (χ0) is 10.8. The molecule has 6 N–H and O–H groups in total. The number of nitrogens with two attached hydrogens (primary N) is 3. The largest absolute Gasteiger partial charge is 0.330 e. The minimum absolute atomic E-state index is 0.768. The predicted molar refractivity (Wildman–Crippen MR) is 63.1 cm³/mol. The third-order valence-corrected chi connectivity index (χ3v) is 4.81. The number of hydrogen-bond acceptors (Lipinski definition) is 3. The van der Waals surface area contributed by atoms with Crippen LogP contribution in [0, 0.1) is 29.6 Å². The van der Waals surface area contributed by atoms with E-state index in [9.17, 15) is 0 Å². The highest BCUT2D eigenvalue weighted by atomic mass is 14.7. The second kappa shape index (κ2) is 4.81. The van der Waals surface area contributed by atoms with Gasteiger partial charge in [0.05, 0.1) is 0 Å². The fourth-order valence-corrected chi connectivity index (χ4v) is 4.16. The monoisotopic (exact) mass is 211 g/mol. The minimum atomic E-state index is 0.768. The molecule has 3 heteroatoms. The summed E-state index contributed by atoms with van der Waals surface area (Å²) in [5.41, 5.74) is 17.4. The highest BCUT2D eigenvalue weighted by molar-refractivity contribution is 5.00. The van der Waals surface area contributed by atoms with Gasteiger partial charge in [0.2, 0.25) is 0 Å². The Hall–Kier alpha value is -0.120. The van der Waals surface area contributed by atoms with Crippen molar-refractivity contribution in [3.8, 4) is 0 Å². The molecule has 0 aromatic heterocycles. The van der Waals surface area contributed by atoms with Crippen LogP contribution in [0.4, 0.5) is 0 Å². The van der Waals surface area contributed by atoms with E-state index in [0.717, 1.165) is 55.6 Å². The highest BCUT2D eigenvalue weighted by Crippen LogP contribution is 2.55. The van der Waals surface area contributed by atoms with Crippen LogP contribution in [0.2, 0.25) is 0 Å². The first-order chi connectivity index (χ1) is 7.31. The Kier molecular flexibility index (Phi) is 3.65. The second-order valence-electron chi connectivity index (χ2n) is 5.39. The van der Waals surface area contributed by atoms with Gasteiger partial charge in [0.25, 0.3) is 0 Å². The molecule has 0 aliphatic heterocycles. The van der Waals surface area contributed by atoms with E-state index in [1.54, 1.807) is 0 Å². The van der Waals surface area contributed by atoms with E-state index in [1.807, 2.05) is 0 Å². The van der Waals surface area contributed by atoms with Crippen LogP contribution in [0.5, 0.6) is 0 Å². The molecular formula is C12H25N3. The smallest absolute Gasteiger partial charge is 0.00435 e. The number of fused-ring (bicyclic) bond motifs is 2. The van der Waals surface area contributed by atoms with E-state index in [2.05, 4.69) is 0 Å². The maximum Gasteiger partial charge on any atom is -0.00435 e. The molecule has 3 nitrogen and oxygen atoms in total. The van der Waals surface area contributed by atoms with Crippen molar-refractivity contribution in [2.45, 2.75) is 25.7 Å². The van der Waals surface area contributed by atoms with Crippen molar-refractivity contribution in [3.63, 3.8) is 0 Å². The van der Waals surface area contributed by atoms with Crippen LogP contribution in [-0.2, 0) is 0 Å². The minimum Gasteiger partial charge on any atom is -0.330 e. The van der Waals surface area contributed by atoms with Gasteiger partial charge in [-0.25, -0.2) is 0 Å². The fraction of sp³-hybridized carbons (Fsp3) is 1.00. The van der Waals surface area contributed by atoms with Crippen molar-refractivity contribution in [2.75, 3.05) is 19.6 Å². The van der Waals surface area contributed by atoms with E-state index < -0.39 is 0 Å². The van der Waals surface area contributed by atoms with E-state index in [4.69, 9.17) is 17.2 Å². The molecule has 15 heavy (non-hydrogen) atoms. The van der Waals surface area contributed by atoms with Gasteiger partial charge in [0.15, 0.2) is 0 Å². The molecule has 5 unspecified atom stereocenters. The Bertz CT molecular complexity index is 207. The average molecular weight is 211 g/mol. The van der Waals surface area contributed by atoms with Gasteiger partial charge >= 0.3 is 0 Å². The van der Waals surface area contributed by atoms with Crippen LogP contribution in [0.3, 0.4) is 0 Å². The van der Waals surface area contributed by atoms with E-state index >= 15 is 0 Å². The van der Waals surface area contributed by atoms with Gasteiger partial charge in [0.1, 0.15) is 0 Å². The Morgan fingerprint density at radius 3 is 2.33 bits per heavy atom. The first-order valence-corrected chi connectivity index (χ1v) is 6.42. The molecule has 88 valence electrons. The van der Waals surface area contributed by atoms with E-state index in [1.165, 1.54) is 19.3 Å². The summed E-state index contributed by atoms with van der Waals surface area (Å²) in [4.78, 5) is 0. The zero-order valence-electron chi connectivity index (χ0n) is 9.57. The van der Waals surface area contributed by atoms with Crippen LogP contribution >= 0.6 is 0 Å². The lowest BCUT2D eigenvalue weighted by Gasteiger charge is -2.35. The fourth-order valence-electron chi connectivity index (χ4n) is 4.16. The Labute approximate surface area is 92.8 Å². The van der Waals surface area contributed by atoms with Crippen molar-refractivity contribution in [2.24, 2.45) is 46.8 Å². The Balaban J connectivity index is 1.99. The molecular weight excluding hydrogens is 186 g/mol. The van der Waals surface area contributed by atoms with Gasteiger partial charge < -0.3 is 17.2 Å². The van der Waals surface area contributed by atoms with Crippen LogP contribution in [0.25, 0.3) is 0 Å². The third kappa shape index (κ3) is 1.93. The molecule has 2 aliphatic carbocycles. The van der Waals surface area contributed by atoms with Crippen molar-refractivity contribution >= 4 is 0 Å². The molecule has 0 radical (unpaired) electrons. The van der Waals surface area contributed by atoms with Gasteiger partial charge in [0, 0.05) is 0 Å². The Morgan fingerprint density at radius 2 is 1.73 bits per heavy atom. The van der Waals surface area contributed by atoms with Crippen molar-refractivity contribution in [1.29, 1.82) is 0 Å². The maximum atomic E-state index is 5.91. The molecule has 0 amide bonds. The normalized spacial score (nSPS) is 43.8. The Morgan fingerprint density at radius 1 is 0.933 bits per heavy atom. The summed E-state index contributed by atoms with van der Waals surface area (Å²) in [6, 6.07) is 0. The maximum absolute atomic E-state index is 5.91. The average Bonchev–Trinajstić information content (AvgIpc) is 2.82. The quantitative estimate of drug-likeness (QED) is 0.621. The standard InChI is InChI=1S/C12H25N3/c13-3-1-2-10-11-5-8(12(10)7-15)4-9(11)6-14/h8-12H,1-7,13-15H2. The van der Waals surface area contributed by atoms with E-state index in [0.29, 0.717) is 0 Å². The number of rotatable bonds is 5. The molecule has 2 saturated carbocycles. The molecule has 2 fully saturated rings. The molecule has 0 aromatic rings. The third-order valence-electron chi connectivity index (χ3n) is 4.81. The molecule has 2 aliphatic rings. The van der Waals surface area contributed by atoms with Gasteiger partial charge in [-0.1, -0.05) is 0 Å². The van der Waals surface area contributed by atoms with Crippen LogP contribution in [0.1, 0.15) is 25.7 Å².